The van der Waals surface area contributed by atoms with E-state index in [1.807, 2.05) is 30.3 Å². The Hall–Kier alpha value is -3.72. The van der Waals surface area contributed by atoms with Crippen LogP contribution >= 0.6 is 0 Å². The van der Waals surface area contributed by atoms with E-state index in [1.165, 1.54) is 4.90 Å². The third-order valence-corrected chi connectivity index (χ3v) is 5.49. The highest BCUT2D eigenvalue weighted by Gasteiger charge is 2.48. The van der Waals surface area contributed by atoms with Gasteiger partial charge in [-0.1, -0.05) is 23.4 Å². The van der Waals surface area contributed by atoms with Crippen LogP contribution < -0.4 is 4.74 Å². The molecule has 1 unspecified atom stereocenters. The minimum absolute atomic E-state index is 0.149. The predicted octanol–water partition coefficient (Wildman–Crippen LogP) is 2.34. The average molecular weight is 405 g/mol. The van der Waals surface area contributed by atoms with Crippen LogP contribution in [0.25, 0.3) is 33.5 Å². The number of aromatic nitrogens is 4. The van der Waals surface area contributed by atoms with Crippen LogP contribution in [0.4, 0.5) is 0 Å². The zero-order chi connectivity index (χ0) is 20.9. The number of methoxy groups -OCH3 is 1. The molecule has 1 amide bonds. The molecular formula is C21H19N5O4. The molecule has 2 N–H and O–H groups in total. The minimum atomic E-state index is -1.67. The fourth-order valence-electron chi connectivity index (χ4n) is 3.74. The lowest BCUT2D eigenvalue weighted by atomic mass is 9.97. The number of carbonyl (C=O) groups is 1. The van der Waals surface area contributed by atoms with Crippen LogP contribution in [0.3, 0.4) is 0 Å². The molecule has 4 heterocycles. The van der Waals surface area contributed by atoms with E-state index < -0.39 is 5.60 Å². The molecule has 0 aliphatic carbocycles. The number of likely N-dealkylation sites (N-methyl/N-ethyl adjacent to an activating group) is 1. The van der Waals surface area contributed by atoms with Crippen molar-refractivity contribution in [2.75, 3.05) is 20.7 Å². The molecule has 0 saturated carbocycles. The number of rotatable bonds is 4. The molecule has 5 rings (SSSR count). The van der Waals surface area contributed by atoms with Gasteiger partial charge in [-0.25, -0.2) is 4.98 Å². The second-order valence-corrected chi connectivity index (χ2v) is 7.34. The first-order valence-corrected chi connectivity index (χ1v) is 9.43. The maximum atomic E-state index is 12.3. The highest BCUT2D eigenvalue weighted by molar-refractivity contribution is 5.88. The molecule has 1 aromatic carbocycles. The molecule has 1 aliphatic heterocycles. The highest BCUT2D eigenvalue weighted by Crippen LogP contribution is 2.36. The Labute approximate surface area is 171 Å². The highest BCUT2D eigenvalue weighted by atomic mass is 16.5. The van der Waals surface area contributed by atoms with E-state index in [1.54, 1.807) is 26.4 Å². The Kier molecular flexibility index (Phi) is 4.07. The monoisotopic (exact) mass is 405 g/mol. The van der Waals surface area contributed by atoms with Gasteiger partial charge in [0.15, 0.2) is 11.4 Å². The van der Waals surface area contributed by atoms with Gasteiger partial charge in [-0.2, -0.15) is 5.10 Å². The fraction of sp³-hybridized carbons (Fsp3) is 0.238. The molecule has 9 heteroatoms. The number of nitrogens with zero attached hydrogens (tertiary/aromatic N) is 4. The van der Waals surface area contributed by atoms with Crippen LogP contribution in [0.1, 0.15) is 12.2 Å². The van der Waals surface area contributed by atoms with E-state index in [0.717, 1.165) is 16.5 Å². The number of H-pyrrole nitrogens is 1. The lowest BCUT2D eigenvalue weighted by Crippen LogP contribution is -2.35. The zero-order valence-electron chi connectivity index (χ0n) is 16.4. The smallest absolute Gasteiger partial charge is 0.262 e. The number of likely N-dealkylation sites (tertiary alicyclic amines) is 1. The van der Waals surface area contributed by atoms with Crippen molar-refractivity contribution in [2.45, 2.75) is 12.0 Å². The van der Waals surface area contributed by atoms with Gasteiger partial charge < -0.3 is 19.3 Å². The summed E-state index contributed by atoms with van der Waals surface area (Å²) in [5, 5.41) is 22.5. The first-order valence-electron chi connectivity index (χ1n) is 9.43. The maximum absolute atomic E-state index is 12.3. The number of aliphatic hydroxyl groups is 1. The zero-order valence-corrected chi connectivity index (χ0v) is 16.4. The Morgan fingerprint density at radius 1 is 1.23 bits per heavy atom. The second kappa shape index (κ2) is 6.67. The molecule has 30 heavy (non-hydrogen) atoms. The molecular weight excluding hydrogens is 386 g/mol. The predicted molar refractivity (Wildman–Crippen MR) is 108 cm³/mol. The summed E-state index contributed by atoms with van der Waals surface area (Å²) in [5.74, 6) is 0.433. The van der Waals surface area contributed by atoms with E-state index in [9.17, 15) is 9.90 Å². The van der Waals surface area contributed by atoms with Crippen LogP contribution in [0.15, 0.2) is 47.1 Å². The molecule has 1 atom stereocenters. The van der Waals surface area contributed by atoms with Crippen molar-refractivity contribution in [3.05, 3.63) is 48.4 Å². The van der Waals surface area contributed by atoms with Gasteiger partial charge in [0, 0.05) is 43.3 Å². The van der Waals surface area contributed by atoms with Gasteiger partial charge in [0.25, 0.3) is 5.91 Å². The van der Waals surface area contributed by atoms with E-state index in [4.69, 9.17) is 9.26 Å². The number of ether oxygens (including phenoxy) is 1. The number of carbonyl (C=O) groups excluding carboxylic acids is 1. The largest absolute Gasteiger partial charge is 0.496 e. The number of pyridine rings is 1. The molecule has 4 aromatic rings. The molecule has 0 bridgehead atoms. The standard InChI is InChI=1S/C21H19N5O4/c1-26-7-6-21(28,20(26)27)18-10-16(25-30-18)13-5-3-4-12(8-13)15-9-17(29-2)14-11-22-24-19(14)23-15/h3-5,8-11,28H,6-7H2,1-2H3,(H,22,23,24). The number of fused-ring (bicyclic) bond motifs is 1. The first kappa shape index (κ1) is 18.3. The minimum Gasteiger partial charge on any atom is -0.496 e. The molecule has 1 aliphatic rings. The summed E-state index contributed by atoms with van der Waals surface area (Å²) in [7, 11) is 3.25. The van der Waals surface area contributed by atoms with Crippen LogP contribution in [0, 0.1) is 0 Å². The van der Waals surface area contributed by atoms with Crippen molar-refractivity contribution in [1.29, 1.82) is 0 Å². The molecule has 9 nitrogen and oxygen atoms in total. The summed E-state index contributed by atoms with van der Waals surface area (Å²) >= 11 is 0. The van der Waals surface area contributed by atoms with Gasteiger partial charge in [-0.05, 0) is 6.07 Å². The van der Waals surface area contributed by atoms with E-state index in [2.05, 4.69) is 20.3 Å². The molecule has 0 radical (unpaired) electrons. The number of nitrogens with one attached hydrogen (secondary N) is 1. The van der Waals surface area contributed by atoms with Gasteiger partial charge in [-0.3, -0.25) is 9.89 Å². The third-order valence-electron chi connectivity index (χ3n) is 5.49. The molecule has 3 aromatic heterocycles. The van der Waals surface area contributed by atoms with Crippen molar-refractivity contribution >= 4 is 16.9 Å². The van der Waals surface area contributed by atoms with Crippen LogP contribution in [0.2, 0.25) is 0 Å². The van der Waals surface area contributed by atoms with Crippen LogP contribution in [-0.2, 0) is 10.4 Å². The summed E-state index contributed by atoms with van der Waals surface area (Å²) in [6, 6.07) is 11.1. The maximum Gasteiger partial charge on any atom is 0.262 e. The van der Waals surface area contributed by atoms with Crippen LogP contribution in [-0.4, -0.2) is 57.0 Å². The fourth-order valence-corrected chi connectivity index (χ4v) is 3.74. The Bertz CT molecular complexity index is 1260. The first-order chi connectivity index (χ1) is 14.5. The normalized spacial score (nSPS) is 19.0. The number of benzene rings is 1. The number of amides is 1. The van der Waals surface area contributed by atoms with Gasteiger partial charge in [0.05, 0.1) is 24.4 Å². The Morgan fingerprint density at radius 2 is 2.03 bits per heavy atom. The SMILES string of the molecule is COc1cc(-c2cccc(-c3cc(C4(O)CCN(C)C4=O)on3)c2)nc2[nH]ncc12. The summed E-state index contributed by atoms with van der Waals surface area (Å²) < 4.78 is 10.8. The van der Waals surface area contributed by atoms with Gasteiger partial charge in [-0.15, -0.1) is 0 Å². The summed E-state index contributed by atoms with van der Waals surface area (Å²) in [6.07, 6.45) is 1.94. The molecule has 0 spiro atoms. The summed E-state index contributed by atoms with van der Waals surface area (Å²) in [6.45, 7) is 0.463. The van der Waals surface area contributed by atoms with E-state index >= 15 is 0 Å². The van der Waals surface area contributed by atoms with Crippen LogP contribution in [0.5, 0.6) is 5.75 Å². The topological polar surface area (TPSA) is 117 Å². The van der Waals surface area contributed by atoms with Crippen molar-refractivity contribution < 1.29 is 19.2 Å². The average Bonchev–Trinajstić information content (AvgIpc) is 3.50. The number of hydrogen-bond acceptors (Lipinski definition) is 7. The molecule has 1 saturated heterocycles. The Morgan fingerprint density at radius 3 is 2.77 bits per heavy atom. The summed E-state index contributed by atoms with van der Waals surface area (Å²) in [4.78, 5) is 18.4. The number of hydrogen-bond donors (Lipinski definition) is 2. The van der Waals surface area contributed by atoms with Gasteiger partial charge >= 0.3 is 0 Å². The quantitative estimate of drug-likeness (QED) is 0.535. The third kappa shape index (κ3) is 2.74. The number of aromatic amines is 1. The van der Waals surface area contributed by atoms with Crippen molar-refractivity contribution in [1.82, 2.24) is 25.2 Å². The van der Waals surface area contributed by atoms with Crippen molar-refractivity contribution in [2.24, 2.45) is 0 Å². The summed E-state index contributed by atoms with van der Waals surface area (Å²) in [5.41, 5.74) is 1.82. The lowest BCUT2D eigenvalue weighted by Gasteiger charge is -2.16. The van der Waals surface area contributed by atoms with Gasteiger partial charge in [0.2, 0.25) is 5.60 Å². The van der Waals surface area contributed by atoms with E-state index in [0.29, 0.717) is 29.3 Å². The van der Waals surface area contributed by atoms with Gasteiger partial charge in [0.1, 0.15) is 11.4 Å². The van der Waals surface area contributed by atoms with E-state index in [-0.39, 0.29) is 18.1 Å². The lowest BCUT2D eigenvalue weighted by molar-refractivity contribution is -0.144. The molecule has 1 fully saturated rings. The molecule has 152 valence electrons. The Balaban J connectivity index is 1.52. The second-order valence-electron chi connectivity index (χ2n) is 7.34. The van der Waals surface area contributed by atoms with Crippen molar-refractivity contribution in [3.63, 3.8) is 0 Å². The van der Waals surface area contributed by atoms with Crippen molar-refractivity contribution in [3.8, 4) is 28.3 Å².